The number of carbonyl (C=O) groups is 2. The van der Waals surface area contributed by atoms with Gasteiger partial charge in [0, 0.05) is 26.2 Å². The number of hydrogen-bond acceptors (Lipinski definition) is 3. The van der Waals surface area contributed by atoms with Gasteiger partial charge in [0.1, 0.15) is 0 Å². The lowest BCUT2D eigenvalue weighted by Crippen LogP contribution is -2.47. The van der Waals surface area contributed by atoms with Crippen LogP contribution in [0, 0.1) is 0 Å². The minimum Gasteiger partial charge on any atom is -0.342 e. The van der Waals surface area contributed by atoms with Crippen LogP contribution in [0.1, 0.15) is 32.6 Å². The highest BCUT2D eigenvalue weighted by Gasteiger charge is 2.24. The molecule has 0 bridgehead atoms. The summed E-state index contributed by atoms with van der Waals surface area (Å²) >= 11 is 0. The molecule has 5 heteroatoms. The van der Waals surface area contributed by atoms with Crippen molar-refractivity contribution in [2.45, 2.75) is 38.6 Å². The van der Waals surface area contributed by atoms with E-state index in [2.05, 4.69) is 5.32 Å². The molecule has 0 aromatic carbocycles. The molecule has 0 spiro atoms. The monoisotopic (exact) mass is 253 g/mol. The van der Waals surface area contributed by atoms with E-state index in [9.17, 15) is 9.59 Å². The van der Waals surface area contributed by atoms with Gasteiger partial charge in [-0.05, 0) is 32.6 Å². The molecule has 2 heterocycles. The summed E-state index contributed by atoms with van der Waals surface area (Å²) in [7, 11) is 0. The van der Waals surface area contributed by atoms with Crippen molar-refractivity contribution in [2.24, 2.45) is 0 Å². The van der Waals surface area contributed by atoms with Crippen LogP contribution >= 0.6 is 0 Å². The number of likely N-dealkylation sites (tertiary alicyclic amines) is 2. The van der Waals surface area contributed by atoms with Crippen molar-refractivity contribution in [3.63, 3.8) is 0 Å². The maximum Gasteiger partial charge on any atom is 0.239 e. The number of amides is 2. The lowest BCUT2D eigenvalue weighted by Gasteiger charge is -2.22. The molecule has 1 atom stereocenters. The molecule has 0 saturated carbocycles. The molecular formula is C13H23N3O2. The Morgan fingerprint density at radius 1 is 1.00 bits per heavy atom. The summed E-state index contributed by atoms with van der Waals surface area (Å²) in [5.41, 5.74) is 0. The molecule has 0 radical (unpaired) electrons. The molecule has 2 saturated heterocycles. The maximum absolute atomic E-state index is 12.0. The lowest BCUT2D eigenvalue weighted by atomic mass is 10.3. The van der Waals surface area contributed by atoms with Crippen LogP contribution in [-0.4, -0.2) is 60.4 Å². The van der Waals surface area contributed by atoms with Crippen LogP contribution in [0.4, 0.5) is 0 Å². The van der Waals surface area contributed by atoms with Crippen LogP contribution in [0.2, 0.25) is 0 Å². The molecule has 5 nitrogen and oxygen atoms in total. The summed E-state index contributed by atoms with van der Waals surface area (Å²) in [4.78, 5) is 27.6. The molecule has 1 unspecified atom stereocenters. The third-order valence-corrected chi connectivity index (χ3v) is 3.81. The summed E-state index contributed by atoms with van der Waals surface area (Å²) in [5, 5.41) is 3.05. The SMILES string of the molecule is CC(NCC(=O)N1CCCC1)C(=O)N1CCCC1. The van der Waals surface area contributed by atoms with Gasteiger partial charge < -0.3 is 9.80 Å². The van der Waals surface area contributed by atoms with Gasteiger partial charge >= 0.3 is 0 Å². The summed E-state index contributed by atoms with van der Waals surface area (Å²) in [6.45, 7) is 5.60. The fraction of sp³-hybridized carbons (Fsp3) is 0.846. The third kappa shape index (κ3) is 3.22. The number of nitrogens with zero attached hydrogens (tertiary/aromatic N) is 2. The second-order valence-electron chi connectivity index (χ2n) is 5.22. The Kier molecular flexibility index (Phi) is 4.58. The standard InChI is InChI=1S/C13H23N3O2/c1-11(13(18)16-8-4-5-9-16)14-10-12(17)15-6-2-3-7-15/h11,14H,2-10H2,1H3. The molecule has 18 heavy (non-hydrogen) atoms. The first kappa shape index (κ1) is 13.3. The Balaban J connectivity index is 1.71. The minimum absolute atomic E-state index is 0.119. The van der Waals surface area contributed by atoms with E-state index in [0.29, 0.717) is 0 Å². The van der Waals surface area contributed by atoms with E-state index in [-0.39, 0.29) is 24.4 Å². The van der Waals surface area contributed by atoms with Crippen LogP contribution in [-0.2, 0) is 9.59 Å². The van der Waals surface area contributed by atoms with Crippen molar-refractivity contribution < 1.29 is 9.59 Å². The van der Waals surface area contributed by atoms with Crippen LogP contribution in [0.15, 0.2) is 0 Å². The molecule has 2 aliphatic heterocycles. The zero-order chi connectivity index (χ0) is 13.0. The van der Waals surface area contributed by atoms with E-state index in [1.807, 2.05) is 16.7 Å². The van der Waals surface area contributed by atoms with E-state index in [1.54, 1.807) is 0 Å². The summed E-state index contributed by atoms with van der Waals surface area (Å²) in [5.74, 6) is 0.246. The van der Waals surface area contributed by atoms with E-state index < -0.39 is 0 Å². The van der Waals surface area contributed by atoms with E-state index in [1.165, 1.54) is 0 Å². The van der Waals surface area contributed by atoms with Crippen LogP contribution in [0.5, 0.6) is 0 Å². The first-order chi connectivity index (χ1) is 8.68. The summed E-state index contributed by atoms with van der Waals surface area (Å²) in [6, 6.07) is -0.255. The molecular weight excluding hydrogens is 230 g/mol. The van der Waals surface area contributed by atoms with Crippen LogP contribution in [0.25, 0.3) is 0 Å². The van der Waals surface area contributed by atoms with Crippen molar-refractivity contribution in [3.05, 3.63) is 0 Å². The molecule has 0 aliphatic carbocycles. The zero-order valence-corrected chi connectivity index (χ0v) is 11.2. The van der Waals surface area contributed by atoms with Crippen molar-refractivity contribution in [1.29, 1.82) is 0 Å². The zero-order valence-electron chi connectivity index (χ0n) is 11.2. The van der Waals surface area contributed by atoms with Gasteiger partial charge in [-0.1, -0.05) is 0 Å². The van der Waals surface area contributed by atoms with E-state index in [0.717, 1.165) is 51.9 Å². The third-order valence-electron chi connectivity index (χ3n) is 3.81. The van der Waals surface area contributed by atoms with Crippen molar-refractivity contribution >= 4 is 11.8 Å². The van der Waals surface area contributed by atoms with E-state index in [4.69, 9.17) is 0 Å². The molecule has 2 aliphatic rings. The Morgan fingerprint density at radius 2 is 1.50 bits per heavy atom. The number of carbonyl (C=O) groups excluding carboxylic acids is 2. The molecule has 2 fully saturated rings. The first-order valence-electron chi connectivity index (χ1n) is 6.98. The quantitative estimate of drug-likeness (QED) is 0.779. The highest BCUT2D eigenvalue weighted by molar-refractivity contribution is 5.83. The second kappa shape index (κ2) is 6.18. The smallest absolute Gasteiger partial charge is 0.239 e. The Morgan fingerprint density at radius 3 is 2.06 bits per heavy atom. The lowest BCUT2D eigenvalue weighted by molar-refractivity contribution is -0.132. The van der Waals surface area contributed by atoms with Gasteiger partial charge in [-0.25, -0.2) is 0 Å². The van der Waals surface area contributed by atoms with Crippen molar-refractivity contribution in [1.82, 2.24) is 15.1 Å². The van der Waals surface area contributed by atoms with Gasteiger partial charge in [0.25, 0.3) is 0 Å². The van der Waals surface area contributed by atoms with Crippen LogP contribution < -0.4 is 5.32 Å². The molecule has 2 amide bonds. The summed E-state index contributed by atoms with van der Waals surface area (Å²) < 4.78 is 0. The molecule has 102 valence electrons. The van der Waals surface area contributed by atoms with Gasteiger partial charge in [0.15, 0.2) is 0 Å². The van der Waals surface area contributed by atoms with Crippen molar-refractivity contribution in [3.8, 4) is 0 Å². The number of rotatable bonds is 4. The molecule has 2 rings (SSSR count). The Hall–Kier alpha value is -1.10. The van der Waals surface area contributed by atoms with Gasteiger partial charge in [-0.3, -0.25) is 14.9 Å². The molecule has 0 aromatic rings. The average Bonchev–Trinajstić information content (AvgIpc) is 3.05. The highest BCUT2D eigenvalue weighted by atomic mass is 16.2. The minimum atomic E-state index is -0.255. The average molecular weight is 253 g/mol. The fourth-order valence-corrected chi connectivity index (χ4v) is 2.62. The molecule has 1 N–H and O–H groups in total. The largest absolute Gasteiger partial charge is 0.342 e. The first-order valence-corrected chi connectivity index (χ1v) is 6.98. The van der Waals surface area contributed by atoms with Gasteiger partial charge in [-0.2, -0.15) is 0 Å². The summed E-state index contributed by atoms with van der Waals surface area (Å²) in [6.07, 6.45) is 4.42. The number of hydrogen-bond donors (Lipinski definition) is 1. The van der Waals surface area contributed by atoms with Crippen LogP contribution in [0.3, 0.4) is 0 Å². The topological polar surface area (TPSA) is 52.7 Å². The number of nitrogens with one attached hydrogen (secondary N) is 1. The highest BCUT2D eigenvalue weighted by Crippen LogP contribution is 2.09. The molecule has 0 aromatic heterocycles. The predicted molar refractivity (Wildman–Crippen MR) is 69.1 cm³/mol. The Bertz CT molecular complexity index is 307. The van der Waals surface area contributed by atoms with E-state index >= 15 is 0 Å². The van der Waals surface area contributed by atoms with Gasteiger partial charge in [0.05, 0.1) is 12.6 Å². The van der Waals surface area contributed by atoms with Gasteiger partial charge in [0.2, 0.25) is 11.8 Å². The van der Waals surface area contributed by atoms with Gasteiger partial charge in [-0.15, -0.1) is 0 Å². The Labute approximate surface area is 108 Å². The normalized spacial score (nSPS) is 21.4. The van der Waals surface area contributed by atoms with Crippen molar-refractivity contribution in [2.75, 3.05) is 32.7 Å². The maximum atomic E-state index is 12.0. The fourth-order valence-electron chi connectivity index (χ4n) is 2.62. The second-order valence-corrected chi connectivity index (χ2v) is 5.22. The predicted octanol–water partition coefficient (Wildman–Crippen LogP) is 0.209.